The Morgan fingerprint density at radius 2 is 2.00 bits per heavy atom. The molecule has 2 heteroatoms. The van der Waals surface area contributed by atoms with E-state index in [1.54, 1.807) is 0 Å². The Bertz CT molecular complexity index is 20.9. The molecule has 0 aliphatic heterocycles. The molecule has 0 bridgehead atoms. The second kappa shape index (κ2) is 9.32. The van der Waals surface area contributed by atoms with E-state index in [1.807, 2.05) is 6.08 Å². The molecule has 22 valence electrons. The van der Waals surface area contributed by atoms with Crippen molar-refractivity contribution in [3.05, 3.63) is 12.7 Å². The number of allylic oxidation sites excluding steroid dienone is 1. The van der Waals surface area contributed by atoms with Crippen LogP contribution in [-0.2, 0) is 0 Å². The van der Waals surface area contributed by atoms with Crippen molar-refractivity contribution in [3.8, 4) is 0 Å². The van der Waals surface area contributed by atoms with E-state index >= 15 is 0 Å². The molecular formula is C3H6AlK. The van der Waals surface area contributed by atoms with Crippen molar-refractivity contribution in [1.29, 1.82) is 0 Å². The number of hydrogen-bond donors (Lipinski definition) is 0. The molecule has 0 atom stereocenters. The maximum atomic E-state index is 3.46. The van der Waals surface area contributed by atoms with Gasteiger partial charge in [0.15, 0.2) is 0 Å². The first-order valence-electron chi connectivity index (χ1n) is 1.22. The molecule has 0 N–H and O–H groups in total. The first kappa shape index (κ1) is 10.0. The Labute approximate surface area is 83.9 Å². The molecule has 0 spiro atoms. The van der Waals surface area contributed by atoms with Crippen LogP contribution in [-0.4, -0.2) is 67.7 Å². The first-order chi connectivity index (χ1) is 1.91. The van der Waals surface area contributed by atoms with Crippen LogP contribution in [0.25, 0.3) is 0 Å². The molecule has 0 aromatic rings. The van der Waals surface area contributed by atoms with Crippen LogP contribution in [0.15, 0.2) is 12.7 Å². The van der Waals surface area contributed by atoms with Crippen molar-refractivity contribution in [2.45, 2.75) is 5.28 Å². The predicted molar refractivity (Wildman–Crippen MR) is 27.9 cm³/mol. The fourth-order valence-corrected chi connectivity index (χ4v) is 0. The van der Waals surface area contributed by atoms with E-state index in [0.29, 0.717) is 0 Å². The minimum absolute atomic E-state index is 0. The van der Waals surface area contributed by atoms with E-state index in [0.717, 1.165) is 5.28 Å². The quantitative estimate of drug-likeness (QED) is 0.330. The monoisotopic (exact) mass is 108 g/mol. The van der Waals surface area contributed by atoms with Crippen molar-refractivity contribution >= 4 is 67.7 Å². The Morgan fingerprint density at radius 1 is 1.80 bits per heavy atom. The molecule has 2 radical (unpaired) electrons. The summed E-state index contributed by atoms with van der Waals surface area (Å²) in [5.41, 5.74) is 0. The van der Waals surface area contributed by atoms with Gasteiger partial charge in [0, 0.05) is 0 Å². The van der Waals surface area contributed by atoms with E-state index in [2.05, 4.69) is 22.9 Å². The third-order valence-corrected chi connectivity index (χ3v) is 0.500. The summed E-state index contributed by atoms with van der Waals surface area (Å²) in [6.07, 6.45) is 1.84. The predicted octanol–water partition coefficient (Wildman–Crippen LogP) is 0.111. The number of hydrogen-bond acceptors (Lipinski definition) is 0. The Morgan fingerprint density at radius 3 is 2.00 bits per heavy atom. The van der Waals surface area contributed by atoms with Crippen LogP contribution < -0.4 is 0 Å². The topological polar surface area (TPSA) is 0 Å². The third-order valence-electron chi connectivity index (χ3n) is 0.167. The van der Waals surface area contributed by atoms with Gasteiger partial charge in [0.05, 0.1) is 0 Å². The molecule has 5 heavy (non-hydrogen) atoms. The fourth-order valence-electron chi connectivity index (χ4n) is 0. The molecular weight excluding hydrogens is 102 g/mol. The van der Waals surface area contributed by atoms with Crippen LogP contribution in [0.2, 0.25) is 5.28 Å². The van der Waals surface area contributed by atoms with Crippen LogP contribution >= 0.6 is 0 Å². The molecule has 0 amide bonds. The van der Waals surface area contributed by atoms with E-state index in [9.17, 15) is 0 Å². The molecule has 0 aromatic heterocycles. The van der Waals surface area contributed by atoms with Gasteiger partial charge < -0.3 is 0 Å². The average molecular weight is 108 g/mol. The van der Waals surface area contributed by atoms with E-state index in [4.69, 9.17) is 0 Å². The number of rotatable bonds is 1. The van der Waals surface area contributed by atoms with Gasteiger partial charge in [-0.25, -0.2) is 0 Å². The summed E-state index contributed by atoms with van der Waals surface area (Å²) in [6, 6.07) is 0. The van der Waals surface area contributed by atoms with E-state index in [-0.39, 0.29) is 51.4 Å². The van der Waals surface area contributed by atoms with Crippen LogP contribution in [0.4, 0.5) is 0 Å². The van der Waals surface area contributed by atoms with Gasteiger partial charge in [0.1, 0.15) is 16.3 Å². The molecule has 0 nitrogen and oxygen atoms in total. The molecule has 0 saturated heterocycles. The molecule has 0 aliphatic rings. The summed E-state index contributed by atoms with van der Waals surface area (Å²) in [5.74, 6) is 0. The summed E-state index contributed by atoms with van der Waals surface area (Å²) >= 11 is 2.54. The second-order valence-corrected chi connectivity index (χ2v) is 0.996. The van der Waals surface area contributed by atoms with Gasteiger partial charge in [-0.05, 0) is 0 Å². The van der Waals surface area contributed by atoms with Gasteiger partial charge in [-0.3, -0.25) is 0 Å². The van der Waals surface area contributed by atoms with Gasteiger partial charge in [0.25, 0.3) is 0 Å². The molecule has 0 unspecified atom stereocenters. The van der Waals surface area contributed by atoms with Crippen molar-refractivity contribution in [1.82, 2.24) is 0 Å². The average Bonchev–Trinajstić information content (AvgIpc) is 1.37. The first-order valence-corrected chi connectivity index (χ1v) is 2.04. The van der Waals surface area contributed by atoms with Crippen molar-refractivity contribution in [2.75, 3.05) is 0 Å². The van der Waals surface area contributed by atoms with Crippen molar-refractivity contribution in [3.63, 3.8) is 0 Å². The minimum atomic E-state index is 0. The fraction of sp³-hybridized carbons (Fsp3) is 0.333. The summed E-state index contributed by atoms with van der Waals surface area (Å²) in [4.78, 5) is 0. The molecule has 0 aromatic carbocycles. The van der Waals surface area contributed by atoms with Gasteiger partial charge in [-0.2, -0.15) is 0 Å². The Balaban J connectivity index is 0. The zero-order chi connectivity index (χ0) is 3.41. The molecule has 0 aliphatic carbocycles. The van der Waals surface area contributed by atoms with Gasteiger partial charge in [0.2, 0.25) is 0 Å². The van der Waals surface area contributed by atoms with Gasteiger partial charge >= 0.3 is 51.4 Å². The maximum absolute atomic E-state index is 3.46. The molecule has 0 rings (SSSR count). The Hall–Kier alpha value is 1.91. The van der Waals surface area contributed by atoms with Crippen LogP contribution in [0.5, 0.6) is 0 Å². The molecule has 0 heterocycles. The van der Waals surface area contributed by atoms with Gasteiger partial charge in [-0.15, -0.1) is 17.9 Å². The normalized spacial score (nSPS) is 4.80. The van der Waals surface area contributed by atoms with Crippen molar-refractivity contribution in [2.24, 2.45) is 0 Å². The molecule has 0 fully saturated rings. The zero-order valence-corrected chi connectivity index (χ0v) is 3.72. The summed E-state index contributed by atoms with van der Waals surface area (Å²) < 4.78 is 0. The summed E-state index contributed by atoms with van der Waals surface area (Å²) in [5, 5.41) is 1.00. The van der Waals surface area contributed by atoms with Crippen LogP contribution in [0.3, 0.4) is 0 Å². The van der Waals surface area contributed by atoms with Gasteiger partial charge in [-0.1, -0.05) is 0 Å². The van der Waals surface area contributed by atoms with E-state index in [1.165, 1.54) is 0 Å². The van der Waals surface area contributed by atoms with Crippen LogP contribution in [0.1, 0.15) is 0 Å². The standard InChI is InChI=1S/C3H5.Al.K.H/c1-3-2;;;/h3H,1-2H2;;;. The zero-order valence-electron chi connectivity index (χ0n) is 2.57. The third kappa shape index (κ3) is 10.7. The SMILES string of the molecule is C=C[CH2][Al].[KH]. The van der Waals surface area contributed by atoms with Crippen molar-refractivity contribution < 1.29 is 0 Å². The second-order valence-electron chi connectivity index (χ2n) is 0.524. The Kier molecular flexibility index (Phi) is 18.7. The summed E-state index contributed by atoms with van der Waals surface area (Å²) in [6.45, 7) is 3.46. The summed E-state index contributed by atoms with van der Waals surface area (Å²) in [7, 11) is 0. The molecule has 0 saturated carbocycles. The van der Waals surface area contributed by atoms with Crippen LogP contribution in [0, 0.1) is 0 Å². The van der Waals surface area contributed by atoms with E-state index < -0.39 is 0 Å².